The van der Waals surface area contributed by atoms with E-state index in [1.54, 1.807) is 0 Å². The number of anilines is 1. The minimum Gasteiger partial charge on any atom is -0.491 e. The smallest absolute Gasteiger partial charge is 0.145 e. The minimum absolute atomic E-state index is 0.707. The standard InChI is InChI=1S/C12H18BrNO/c1-3-4-5-6-15-12-9(2)7-10(13)8-11(12)14/h7-8H,3-6,14H2,1-2H3. The molecule has 1 aromatic carbocycles. The van der Waals surface area contributed by atoms with Crippen molar-refractivity contribution in [2.24, 2.45) is 0 Å². The van der Waals surface area contributed by atoms with Crippen molar-refractivity contribution >= 4 is 21.6 Å². The number of unbranched alkanes of at least 4 members (excludes halogenated alkanes) is 2. The first-order valence-electron chi connectivity index (χ1n) is 5.33. The van der Waals surface area contributed by atoms with Crippen LogP contribution in [0.15, 0.2) is 16.6 Å². The van der Waals surface area contributed by atoms with Crippen LogP contribution in [0, 0.1) is 6.92 Å². The summed E-state index contributed by atoms with van der Waals surface area (Å²) < 4.78 is 6.68. The Labute approximate surface area is 99.9 Å². The fraction of sp³-hybridized carbons (Fsp3) is 0.500. The van der Waals surface area contributed by atoms with Crippen molar-refractivity contribution in [3.63, 3.8) is 0 Å². The van der Waals surface area contributed by atoms with Crippen molar-refractivity contribution in [2.75, 3.05) is 12.3 Å². The predicted molar refractivity (Wildman–Crippen MR) is 68.3 cm³/mol. The molecule has 0 saturated heterocycles. The summed E-state index contributed by atoms with van der Waals surface area (Å²) in [7, 11) is 0. The molecule has 84 valence electrons. The van der Waals surface area contributed by atoms with Gasteiger partial charge in [-0.25, -0.2) is 0 Å². The summed E-state index contributed by atoms with van der Waals surface area (Å²) in [5.41, 5.74) is 7.67. The molecule has 0 heterocycles. The number of halogens is 1. The topological polar surface area (TPSA) is 35.2 Å². The van der Waals surface area contributed by atoms with E-state index in [9.17, 15) is 0 Å². The number of nitrogens with two attached hydrogens (primary N) is 1. The van der Waals surface area contributed by atoms with Gasteiger partial charge in [-0.3, -0.25) is 0 Å². The normalized spacial score (nSPS) is 10.3. The number of ether oxygens (including phenoxy) is 1. The first-order chi connectivity index (χ1) is 7.15. The number of nitrogen functional groups attached to an aromatic ring is 1. The maximum Gasteiger partial charge on any atom is 0.145 e. The molecule has 2 nitrogen and oxygen atoms in total. The third-order valence-corrected chi connectivity index (χ3v) is 2.72. The van der Waals surface area contributed by atoms with E-state index in [4.69, 9.17) is 10.5 Å². The largest absolute Gasteiger partial charge is 0.491 e. The quantitative estimate of drug-likeness (QED) is 0.651. The average molecular weight is 272 g/mol. The predicted octanol–water partition coefficient (Wildman–Crippen LogP) is 3.91. The van der Waals surface area contributed by atoms with Crippen molar-refractivity contribution in [3.8, 4) is 5.75 Å². The van der Waals surface area contributed by atoms with Crippen molar-refractivity contribution in [2.45, 2.75) is 33.1 Å². The molecule has 3 heteroatoms. The van der Waals surface area contributed by atoms with E-state index in [2.05, 4.69) is 22.9 Å². The third kappa shape index (κ3) is 3.74. The van der Waals surface area contributed by atoms with Gasteiger partial charge in [-0.05, 0) is 31.0 Å². The Hall–Kier alpha value is -0.700. The van der Waals surface area contributed by atoms with E-state index in [1.807, 2.05) is 19.1 Å². The van der Waals surface area contributed by atoms with Gasteiger partial charge in [0.2, 0.25) is 0 Å². The van der Waals surface area contributed by atoms with Gasteiger partial charge < -0.3 is 10.5 Å². The molecule has 1 aromatic rings. The van der Waals surface area contributed by atoms with Crippen LogP contribution >= 0.6 is 15.9 Å². The van der Waals surface area contributed by atoms with Crippen LogP contribution in [0.5, 0.6) is 5.75 Å². The van der Waals surface area contributed by atoms with Crippen LogP contribution in [-0.4, -0.2) is 6.61 Å². The maximum atomic E-state index is 5.88. The SMILES string of the molecule is CCCCCOc1c(C)cc(Br)cc1N. The highest BCUT2D eigenvalue weighted by molar-refractivity contribution is 9.10. The summed E-state index contributed by atoms with van der Waals surface area (Å²) in [6, 6.07) is 3.90. The van der Waals surface area contributed by atoms with E-state index in [0.717, 1.165) is 28.8 Å². The van der Waals surface area contributed by atoms with Crippen molar-refractivity contribution in [1.29, 1.82) is 0 Å². The summed E-state index contributed by atoms with van der Waals surface area (Å²) in [4.78, 5) is 0. The second-order valence-corrected chi connectivity index (χ2v) is 4.61. The maximum absolute atomic E-state index is 5.88. The zero-order chi connectivity index (χ0) is 11.3. The first-order valence-corrected chi connectivity index (χ1v) is 6.13. The van der Waals surface area contributed by atoms with Gasteiger partial charge in [0.25, 0.3) is 0 Å². The fourth-order valence-electron chi connectivity index (χ4n) is 1.48. The van der Waals surface area contributed by atoms with Crippen LogP contribution in [0.4, 0.5) is 5.69 Å². The molecule has 0 aromatic heterocycles. The van der Waals surface area contributed by atoms with E-state index in [1.165, 1.54) is 12.8 Å². The average Bonchev–Trinajstić information content (AvgIpc) is 2.15. The Morgan fingerprint density at radius 2 is 2.07 bits per heavy atom. The second-order valence-electron chi connectivity index (χ2n) is 3.70. The van der Waals surface area contributed by atoms with Crippen LogP contribution in [0.3, 0.4) is 0 Å². The molecule has 0 spiro atoms. The number of benzene rings is 1. The number of rotatable bonds is 5. The molecule has 0 radical (unpaired) electrons. The van der Waals surface area contributed by atoms with Gasteiger partial charge in [0.1, 0.15) is 5.75 Å². The van der Waals surface area contributed by atoms with Gasteiger partial charge >= 0.3 is 0 Å². The van der Waals surface area contributed by atoms with Crippen LogP contribution < -0.4 is 10.5 Å². The molecular formula is C12H18BrNO. The molecule has 15 heavy (non-hydrogen) atoms. The molecular weight excluding hydrogens is 254 g/mol. The van der Waals surface area contributed by atoms with Gasteiger partial charge in [0.05, 0.1) is 12.3 Å². The van der Waals surface area contributed by atoms with Crippen molar-refractivity contribution in [3.05, 3.63) is 22.2 Å². The Bertz CT molecular complexity index is 302. The first kappa shape index (κ1) is 12.4. The zero-order valence-corrected chi connectivity index (χ0v) is 10.9. The van der Waals surface area contributed by atoms with E-state index in [0.29, 0.717) is 5.69 Å². The number of aryl methyl sites for hydroxylation is 1. The number of hydrogen-bond acceptors (Lipinski definition) is 2. The van der Waals surface area contributed by atoms with Gasteiger partial charge in [-0.2, -0.15) is 0 Å². The Kier molecular flexibility index (Phi) is 4.95. The molecule has 0 amide bonds. The summed E-state index contributed by atoms with van der Waals surface area (Å²) in [6.45, 7) is 4.94. The molecule has 0 fully saturated rings. The van der Waals surface area contributed by atoms with Gasteiger partial charge in [0, 0.05) is 4.47 Å². The highest BCUT2D eigenvalue weighted by Gasteiger charge is 2.05. The molecule has 1 rings (SSSR count). The third-order valence-electron chi connectivity index (χ3n) is 2.26. The molecule has 0 bridgehead atoms. The lowest BCUT2D eigenvalue weighted by Crippen LogP contribution is -2.02. The summed E-state index contributed by atoms with van der Waals surface area (Å²) in [5, 5.41) is 0. The summed E-state index contributed by atoms with van der Waals surface area (Å²) in [5.74, 6) is 0.828. The van der Waals surface area contributed by atoms with Gasteiger partial charge in [-0.15, -0.1) is 0 Å². The minimum atomic E-state index is 0.707. The molecule has 0 atom stereocenters. The lowest BCUT2D eigenvalue weighted by Gasteiger charge is -2.12. The monoisotopic (exact) mass is 271 g/mol. The van der Waals surface area contributed by atoms with E-state index >= 15 is 0 Å². The Balaban J connectivity index is 2.60. The highest BCUT2D eigenvalue weighted by Crippen LogP contribution is 2.30. The zero-order valence-electron chi connectivity index (χ0n) is 9.35. The van der Waals surface area contributed by atoms with Crippen LogP contribution in [-0.2, 0) is 0 Å². The van der Waals surface area contributed by atoms with Crippen LogP contribution in [0.25, 0.3) is 0 Å². The van der Waals surface area contributed by atoms with Crippen LogP contribution in [0.1, 0.15) is 31.7 Å². The number of hydrogen-bond donors (Lipinski definition) is 1. The van der Waals surface area contributed by atoms with Crippen molar-refractivity contribution < 1.29 is 4.74 Å². The Morgan fingerprint density at radius 1 is 1.33 bits per heavy atom. The lowest BCUT2D eigenvalue weighted by molar-refractivity contribution is 0.306. The summed E-state index contributed by atoms with van der Waals surface area (Å²) in [6.07, 6.45) is 3.50. The Morgan fingerprint density at radius 3 is 2.67 bits per heavy atom. The molecule has 0 saturated carbocycles. The molecule has 0 aliphatic heterocycles. The van der Waals surface area contributed by atoms with E-state index < -0.39 is 0 Å². The summed E-state index contributed by atoms with van der Waals surface area (Å²) >= 11 is 3.40. The second kappa shape index (κ2) is 6.01. The molecule has 0 aliphatic rings. The fourth-order valence-corrected chi connectivity index (χ4v) is 2.07. The highest BCUT2D eigenvalue weighted by atomic mass is 79.9. The van der Waals surface area contributed by atoms with Gasteiger partial charge in [0.15, 0.2) is 0 Å². The lowest BCUT2D eigenvalue weighted by atomic mass is 10.2. The van der Waals surface area contributed by atoms with Gasteiger partial charge in [-0.1, -0.05) is 35.7 Å². The molecule has 2 N–H and O–H groups in total. The van der Waals surface area contributed by atoms with E-state index in [-0.39, 0.29) is 0 Å². The van der Waals surface area contributed by atoms with Crippen LogP contribution in [0.2, 0.25) is 0 Å². The van der Waals surface area contributed by atoms with Crippen molar-refractivity contribution in [1.82, 2.24) is 0 Å². The molecule has 0 aliphatic carbocycles. The molecule has 0 unspecified atom stereocenters.